The molecule has 6 heteroatoms. The maximum atomic E-state index is 11.6. The maximum Gasteiger partial charge on any atom is 0.237 e. The lowest BCUT2D eigenvalue weighted by Gasteiger charge is -2.30. The highest BCUT2D eigenvalue weighted by Crippen LogP contribution is 2.09. The average Bonchev–Trinajstić information content (AvgIpc) is 2.17. The number of carbonyl (C=O) groups excluding carboxylic acids is 1. The number of hydrogen-bond acceptors (Lipinski definition) is 4. The second-order valence-corrected chi connectivity index (χ2v) is 6.27. The highest BCUT2D eigenvalue weighted by molar-refractivity contribution is 7.92. The van der Waals surface area contributed by atoms with E-state index in [1.807, 2.05) is 0 Å². The van der Waals surface area contributed by atoms with Crippen molar-refractivity contribution in [1.82, 2.24) is 4.90 Å². The van der Waals surface area contributed by atoms with E-state index < -0.39 is 9.84 Å². The molecule has 0 aliphatic carbocycles. The lowest BCUT2D eigenvalue weighted by Crippen LogP contribution is -2.47. The van der Waals surface area contributed by atoms with Crippen LogP contribution in [-0.2, 0) is 14.6 Å². The van der Waals surface area contributed by atoms with Gasteiger partial charge in [-0.1, -0.05) is 6.92 Å². The van der Waals surface area contributed by atoms with Gasteiger partial charge in [0.25, 0.3) is 0 Å². The summed E-state index contributed by atoms with van der Waals surface area (Å²) in [7, 11) is -3.22. The fourth-order valence-electron chi connectivity index (χ4n) is 1.62. The van der Waals surface area contributed by atoms with E-state index >= 15 is 0 Å². The number of sulfone groups is 1. The van der Waals surface area contributed by atoms with Gasteiger partial charge in [-0.3, -0.25) is 4.79 Å². The predicted octanol–water partition coefficient (Wildman–Crippen LogP) is -0.629. The van der Waals surface area contributed by atoms with Crippen LogP contribution in [0.5, 0.6) is 0 Å². The van der Waals surface area contributed by atoms with Crippen LogP contribution in [0, 0.1) is 0 Å². The number of amides is 1. The van der Waals surface area contributed by atoms with Crippen LogP contribution >= 0.6 is 0 Å². The summed E-state index contributed by atoms with van der Waals surface area (Å²) in [6, 6.07) is -0.00738. The van der Waals surface area contributed by atoms with E-state index in [4.69, 9.17) is 5.73 Å². The van der Waals surface area contributed by atoms with Crippen molar-refractivity contribution in [3.63, 3.8) is 0 Å². The molecule has 1 rings (SSSR count). The molecule has 1 heterocycles. The van der Waals surface area contributed by atoms with Gasteiger partial charge in [0.05, 0.1) is 0 Å². The number of hydrogen-bond donors (Lipinski definition) is 1. The van der Waals surface area contributed by atoms with E-state index in [9.17, 15) is 13.2 Å². The van der Waals surface area contributed by atoms with Gasteiger partial charge in [0, 0.05) is 24.9 Å². The van der Waals surface area contributed by atoms with Crippen LogP contribution in [0.1, 0.15) is 19.8 Å². The van der Waals surface area contributed by atoms with Crippen molar-refractivity contribution in [2.24, 2.45) is 5.73 Å². The Morgan fingerprint density at radius 2 is 2.20 bits per heavy atom. The van der Waals surface area contributed by atoms with Crippen molar-refractivity contribution in [2.75, 3.05) is 24.6 Å². The van der Waals surface area contributed by atoms with Crippen LogP contribution in [-0.4, -0.2) is 49.9 Å². The summed E-state index contributed by atoms with van der Waals surface area (Å²) in [6.45, 7) is 2.66. The third kappa shape index (κ3) is 3.79. The van der Waals surface area contributed by atoms with Crippen molar-refractivity contribution < 1.29 is 13.2 Å². The standard InChI is InChI=1S/C9H18N2O3S/c1-2-15(13,14)7-9(12)11-5-3-4-8(10)6-11/h8H,2-7,10H2,1H3/t8-/m1/s1. The summed E-state index contributed by atoms with van der Waals surface area (Å²) in [5.41, 5.74) is 5.72. The first kappa shape index (κ1) is 12.4. The first-order chi connectivity index (χ1) is 6.94. The third-order valence-corrected chi connectivity index (χ3v) is 4.16. The molecule has 1 atom stereocenters. The number of carbonyl (C=O) groups is 1. The molecule has 2 N–H and O–H groups in total. The van der Waals surface area contributed by atoms with Gasteiger partial charge in [0.1, 0.15) is 5.75 Å². The number of rotatable bonds is 3. The molecule has 0 bridgehead atoms. The molecule has 1 amide bonds. The number of likely N-dealkylation sites (tertiary alicyclic amines) is 1. The van der Waals surface area contributed by atoms with E-state index in [-0.39, 0.29) is 23.5 Å². The fourth-order valence-corrected chi connectivity index (χ4v) is 2.38. The van der Waals surface area contributed by atoms with Crippen LogP contribution in [0.15, 0.2) is 0 Å². The minimum absolute atomic E-state index is 0.00738. The molecule has 15 heavy (non-hydrogen) atoms. The maximum absolute atomic E-state index is 11.6. The lowest BCUT2D eigenvalue weighted by molar-refractivity contribution is -0.129. The number of nitrogens with two attached hydrogens (primary N) is 1. The molecule has 0 saturated carbocycles. The van der Waals surface area contributed by atoms with Crippen molar-refractivity contribution in [2.45, 2.75) is 25.8 Å². The molecule has 0 radical (unpaired) electrons. The van der Waals surface area contributed by atoms with Crippen LogP contribution in [0.4, 0.5) is 0 Å². The van der Waals surface area contributed by atoms with Crippen LogP contribution < -0.4 is 5.73 Å². The minimum Gasteiger partial charge on any atom is -0.340 e. The Morgan fingerprint density at radius 1 is 1.53 bits per heavy atom. The van der Waals surface area contributed by atoms with E-state index in [1.54, 1.807) is 11.8 Å². The predicted molar refractivity (Wildman–Crippen MR) is 58.1 cm³/mol. The first-order valence-electron chi connectivity index (χ1n) is 5.18. The van der Waals surface area contributed by atoms with Crippen molar-refractivity contribution in [1.29, 1.82) is 0 Å². The molecule has 0 aromatic rings. The van der Waals surface area contributed by atoms with Gasteiger partial charge < -0.3 is 10.6 Å². The zero-order valence-corrected chi connectivity index (χ0v) is 9.79. The van der Waals surface area contributed by atoms with E-state index in [2.05, 4.69) is 0 Å². The van der Waals surface area contributed by atoms with Gasteiger partial charge in [0.15, 0.2) is 9.84 Å². The Morgan fingerprint density at radius 3 is 2.73 bits per heavy atom. The molecule has 0 aromatic heterocycles. The Bertz CT molecular complexity index is 326. The van der Waals surface area contributed by atoms with Gasteiger partial charge in [0.2, 0.25) is 5.91 Å². The van der Waals surface area contributed by atoms with Crippen molar-refractivity contribution in [3.8, 4) is 0 Å². The van der Waals surface area contributed by atoms with Gasteiger partial charge in [-0.2, -0.15) is 0 Å². The van der Waals surface area contributed by atoms with Crippen LogP contribution in [0.3, 0.4) is 0 Å². The Hall–Kier alpha value is -0.620. The van der Waals surface area contributed by atoms with Crippen molar-refractivity contribution >= 4 is 15.7 Å². The molecule has 1 aliphatic heterocycles. The molecule has 5 nitrogen and oxygen atoms in total. The normalized spacial score (nSPS) is 22.8. The monoisotopic (exact) mass is 234 g/mol. The quantitative estimate of drug-likeness (QED) is 0.705. The summed E-state index contributed by atoms with van der Waals surface area (Å²) >= 11 is 0. The number of nitrogens with zero attached hydrogens (tertiary/aromatic N) is 1. The van der Waals surface area contributed by atoms with Crippen molar-refractivity contribution in [3.05, 3.63) is 0 Å². The molecule has 1 aliphatic rings. The Labute approximate surface area is 90.5 Å². The molecule has 88 valence electrons. The Kier molecular flexibility index (Phi) is 4.10. The fraction of sp³-hybridized carbons (Fsp3) is 0.889. The minimum atomic E-state index is -3.22. The largest absolute Gasteiger partial charge is 0.340 e. The Balaban J connectivity index is 2.53. The summed E-state index contributed by atoms with van der Waals surface area (Å²) in [5.74, 6) is -0.679. The zero-order chi connectivity index (χ0) is 11.5. The number of piperidine rings is 1. The topological polar surface area (TPSA) is 80.5 Å². The first-order valence-corrected chi connectivity index (χ1v) is 7.00. The van der Waals surface area contributed by atoms with Crippen LogP contribution in [0.2, 0.25) is 0 Å². The summed E-state index contributed by atoms with van der Waals surface area (Å²) in [5, 5.41) is 0. The van der Waals surface area contributed by atoms with E-state index in [1.165, 1.54) is 0 Å². The second kappa shape index (κ2) is 4.94. The molecule has 1 saturated heterocycles. The second-order valence-electron chi connectivity index (χ2n) is 3.92. The zero-order valence-electron chi connectivity index (χ0n) is 8.98. The summed E-state index contributed by atoms with van der Waals surface area (Å²) in [4.78, 5) is 13.2. The summed E-state index contributed by atoms with van der Waals surface area (Å²) < 4.78 is 22.5. The molecule has 0 spiro atoms. The van der Waals surface area contributed by atoms with Gasteiger partial charge in [-0.25, -0.2) is 8.42 Å². The third-order valence-electron chi connectivity index (χ3n) is 2.59. The van der Waals surface area contributed by atoms with E-state index in [0.29, 0.717) is 13.1 Å². The lowest BCUT2D eigenvalue weighted by atomic mass is 10.1. The highest BCUT2D eigenvalue weighted by atomic mass is 32.2. The molecule has 0 unspecified atom stereocenters. The van der Waals surface area contributed by atoms with Gasteiger partial charge in [-0.15, -0.1) is 0 Å². The highest BCUT2D eigenvalue weighted by Gasteiger charge is 2.24. The molecule has 1 fully saturated rings. The van der Waals surface area contributed by atoms with Gasteiger partial charge in [-0.05, 0) is 12.8 Å². The van der Waals surface area contributed by atoms with Crippen LogP contribution in [0.25, 0.3) is 0 Å². The average molecular weight is 234 g/mol. The molecular formula is C9H18N2O3S. The SMILES string of the molecule is CCS(=O)(=O)CC(=O)N1CCC[C@@H](N)C1. The van der Waals surface area contributed by atoms with E-state index in [0.717, 1.165) is 12.8 Å². The van der Waals surface area contributed by atoms with Gasteiger partial charge >= 0.3 is 0 Å². The molecule has 0 aromatic carbocycles. The smallest absolute Gasteiger partial charge is 0.237 e. The summed E-state index contributed by atoms with van der Waals surface area (Å²) in [6.07, 6.45) is 1.77. The molecular weight excluding hydrogens is 216 g/mol.